The van der Waals surface area contributed by atoms with Crippen molar-refractivity contribution in [3.05, 3.63) is 34.9 Å². The molecule has 17 heteroatoms. The molecule has 9 N–H and O–H groups in total. The Morgan fingerprint density at radius 2 is 1.87 bits per heavy atom. The average molecular weight is 651 g/mol. The van der Waals surface area contributed by atoms with Gasteiger partial charge in [-0.05, 0) is 25.8 Å². The Labute approximate surface area is 263 Å². The molecular weight excluding hydrogens is 612 g/mol. The molecule has 5 atom stereocenters. The first-order chi connectivity index (χ1) is 21.9. The van der Waals surface area contributed by atoms with Crippen molar-refractivity contribution < 1.29 is 63.5 Å². The monoisotopic (exact) mass is 650 g/mol. The SMILES string of the molecule is CCNc1cc(O[C@H]2O[C@@]3(CCc4c(cc(OC)c(O)c4OC)C(=O)OC3)[C@@H](O)[C@H](O)[C@H]2O)c(OCNC(N)=NC)cc1C(=O)O. The number of fused-ring (bicyclic) bond motifs is 1. The van der Waals surface area contributed by atoms with Gasteiger partial charge in [0.25, 0.3) is 0 Å². The normalized spacial score (nSPS) is 24.6. The number of benzene rings is 2. The number of nitrogens with two attached hydrogens (primary N) is 1. The highest BCUT2D eigenvalue weighted by molar-refractivity contribution is 5.95. The number of ether oxygens (including phenoxy) is 6. The molecule has 1 saturated heterocycles. The molecule has 0 unspecified atom stereocenters. The van der Waals surface area contributed by atoms with E-state index in [1.54, 1.807) is 6.92 Å². The number of carboxylic acids is 1. The maximum Gasteiger partial charge on any atom is 0.338 e. The molecule has 2 aromatic rings. The molecule has 0 aliphatic carbocycles. The van der Waals surface area contributed by atoms with Gasteiger partial charge in [-0.2, -0.15) is 0 Å². The lowest BCUT2D eigenvalue weighted by Gasteiger charge is -2.48. The Kier molecular flexibility index (Phi) is 10.5. The Hall–Kier alpha value is -4.71. The Balaban J connectivity index is 1.71. The van der Waals surface area contributed by atoms with Gasteiger partial charge in [0.15, 0.2) is 35.7 Å². The number of guanidine groups is 1. The zero-order valence-electron chi connectivity index (χ0n) is 25.6. The second-order valence-electron chi connectivity index (χ2n) is 10.4. The molecule has 2 aromatic carbocycles. The quantitative estimate of drug-likeness (QED) is 0.0715. The fourth-order valence-corrected chi connectivity index (χ4v) is 5.26. The van der Waals surface area contributed by atoms with Crippen LogP contribution in [0.4, 0.5) is 5.69 Å². The van der Waals surface area contributed by atoms with Crippen molar-refractivity contribution in [2.75, 3.05) is 46.5 Å². The van der Waals surface area contributed by atoms with Crippen LogP contribution in [0, 0.1) is 0 Å². The number of phenolic OH excluding ortho intramolecular Hbond substituents is 1. The number of carbonyl (C=O) groups excluding carboxylic acids is 1. The smallest absolute Gasteiger partial charge is 0.338 e. The topological polar surface area (TPSA) is 253 Å². The summed E-state index contributed by atoms with van der Waals surface area (Å²) >= 11 is 0. The van der Waals surface area contributed by atoms with Crippen LogP contribution in [0.5, 0.6) is 28.7 Å². The summed E-state index contributed by atoms with van der Waals surface area (Å²) in [5.74, 6) is -2.72. The molecule has 17 nitrogen and oxygen atoms in total. The molecule has 0 radical (unpaired) electrons. The zero-order chi connectivity index (χ0) is 33.8. The number of anilines is 1. The lowest BCUT2D eigenvalue weighted by atomic mass is 9.81. The lowest BCUT2D eigenvalue weighted by Crippen LogP contribution is -2.67. The van der Waals surface area contributed by atoms with E-state index in [0.717, 1.165) is 0 Å². The van der Waals surface area contributed by atoms with E-state index >= 15 is 0 Å². The highest BCUT2D eigenvalue weighted by atomic mass is 16.7. The van der Waals surface area contributed by atoms with Crippen molar-refractivity contribution >= 4 is 23.6 Å². The number of methoxy groups -OCH3 is 2. The third-order valence-corrected chi connectivity index (χ3v) is 7.70. The fourth-order valence-electron chi connectivity index (χ4n) is 5.26. The van der Waals surface area contributed by atoms with Crippen LogP contribution < -0.4 is 35.3 Å². The second-order valence-corrected chi connectivity index (χ2v) is 10.4. The van der Waals surface area contributed by atoms with Crippen molar-refractivity contribution in [3.8, 4) is 28.7 Å². The summed E-state index contributed by atoms with van der Waals surface area (Å²) in [6, 6.07) is 3.80. The number of aliphatic hydroxyl groups excluding tert-OH is 3. The van der Waals surface area contributed by atoms with Crippen LogP contribution in [0.2, 0.25) is 0 Å². The molecule has 2 heterocycles. The van der Waals surface area contributed by atoms with Crippen molar-refractivity contribution in [2.45, 2.75) is 50.0 Å². The van der Waals surface area contributed by atoms with Gasteiger partial charge < -0.3 is 70.3 Å². The van der Waals surface area contributed by atoms with Gasteiger partial charge in [-0.15, -0.1) is 0 Å². The van der Waals surface area contributed by atoms with Crippen LogP contribution >= 0.6 is 0 Å². The number of aromatic carboxylic acids is 1. The predicted molar refractivity (Wildman–Crippen MR) is 160 cm³/mol. The number of rotatable bonds is 10. The zero-order valence-corrected chi connectivity index (χ0v) is 25.6. The average Bonchev–Trinajstić information content (AvgIpc) is 3.03. The van der Waals surface area contributed by atoms with Crippen LogP contribution in [0.25, 0.3) is 0 Å². The van der Waals surface area contributed by atoms with Gasteiger partial charge in [0.05, 0.1) is 31.0 Å². The van der Waals surface area contributed by atoms with Crippen LogP contribution in [0.15, 0.2) is 23.2 Å². The lowest BCUT2D eigenvalue weighted by molar-refractivity contribution is -0.320. The van der Waals surface area contributed by atoms with Gasteiger partial charge in [-0.1, -0.05) is 0 Å². The molecule has 2 aliphatic rings. The first-order valence-corrected chi connectivity index (χ1v) is 14.2. The summed E-state index contributed by atoms with van der Waals surface area (Å²) in [5.41, 5.74) is 4.11. The summed E-state index contributed by atoms with van der Waals surface area (Å²) in [5, 5.41) is 59.1. The van der Waals surface area contributed by atoms with Crippen molar-refractivity contribution in [2.24, 2.45) is 10.7 Å². The minimum atomic E-state index is -1.85. The predicted octanol–water partition coefficient (Wildman–Crippen LogP) is -0.230. The van der Waals surface area contributed by atoms with E-state index in [1.165, 1.54) is 39.5 Å². The summed E-state index contributed by atoms with van der Waals surface area (Å²) in [6.07, 6.45) is -7.25. The van der Waals surface area contributed by atoms with Gasteiger partial charge in [-0.3, -0.25) is 4.99 Å². The second kappa shape index (κ2) is 14.2. The minimum absolute atomic E-state index is 0.0178. The molecule has 1 spiro atoms. The third-order valence-electron chi connectivity index (χ3n) is 7.70. The van der Waals surface area contributed by atoms with Gasteiger partial charge in [-0.25, -0.2) is 9.59 Å². The molecule has 46 heavy (non-hydrogen) atoms. The van der Waals surface area contributed by atoms with Gasteiger partial charge >= 0.3 is 11.9 Å². The summed E-state index contributed by atoms with van der Waals surface area (Å²) < 4.78 is 33.8. The molecule has 4 rings (SSSR count). The van der Waals surface area contributed by atoms with E-state index in [1.807, 2.05) is 0 Å². The van der Waals surface area contributed by atoms with Crippen molar-refractivity contribution in [1.82, 2.24) is 5.32 Å². The van der Waals surface area contributed by atoms with Crippen LogP contribution in [0.1, 0.15) is 39.6 Å². The molecule has 1 fully saturated rings. The summed E-state index contributed by atoms with van der Waals surface area (Å²) in [7, 11) is 4.05. The minimum Gasteiger partial charge on any atom is -0.502 e. The Bertz CT molecular complexity index is 1490. The number of aliphatic hydroxyl groups is 3. The van der Waals surface area contributed by atoms with E-state index in [9.17, 15) is 35.1 Å². The number of phenols is 1. The van der Waals surface area contributed by atoms with E-state index in [2.05, 4.69) is 15.6 Å². The van der Waals surface area contributed by atoms with Crippen LogP contribution in [-0.2, 0) is 15.9 Å². The van der Waals surface area contributed by atoms with Crippen molar-refractivity contribution in [3.63, 3.8) is 0 Å². The number of carbonyl (C=O) groups is 2. The number of aliphatic imine (C=N–C) groups is 1. The fraction of sp³-hybridized carbons (Fsp3) is 0.483. The number of nitrogens with zero attached hydrogens (tertiary/aromatic N) is 1. The van der Waals surface area contributed by atoms with Crippen LogP contribution in [0.3, 0.4) is 0 Å². The van der Waals surface area contributed by atoms with E-state index in [0.29, 0.717) is 6.54 Å². The highest BCUT2D eigenvalue weighted by Crippen LogP contribution is 2.45. The number of hydrogen-bond acceptors (Lipinski definition) is 14. The highest BCUT2D eigenvalue weighted by Gasteiger charge is 2.56. The first kappa shape index (κ1) is 34.2. The van der Waals surface area contributed by atoms with Gasteiger partial charge in [0.1, 0.15) is 30.5 Å². The summed E-state index contributed by atoms with van der Waals surface area (Å²) in [4.78, 5) is 28.9. The molecule has 2 aliphatic heterocycles. The molecule has 0 bridgehead atoms. The molecule has 252 valence electrons. The number of esters is 1. The largest absolute Gasteiger partial charge is 0.502 e. The number of hydrogen-bond donors (Lipinski definition) is 8. The number of nitrogens with one attached hydrogen (secondary N) is 2. The Morgan fingerprint density at radius 3 is 2.50 bits per heavy atom. The standard InChI is InChI=1S/C29H38N4O13/c1-5-32-16-10-18(17(9-15(16)25(38)39)44-12-33-28(30)31-2)45-27-22(36)21(35)24(37)29(46-27)7-6-13-14(26(40)43-11-29)8-19(41-3)20(34)23(13)42-4/h8-10,21-22,24,27,32,34-37H,5-7,11-12H2,1-4H3,(H,38,39)(H3,30,31,33)/t21-,22-,24+,27+,29-/m1/s1. The van der Waals surface area contributed by atoms with E-state index in [-0.39, 0.29) is 76.7 Å². The molecule has 0 saturated carbocycles. The van der Waals surface area contributed by atoms with Crippen molar-refractivity contribution in [1.29, 1.82) is 0 Å². The maximum atomic E-state index is 13.2. The molecule has 0 aromatic heterocycles. The number of aromatic hydroxyl groups is 1. The summed E-state index contributed by atoms with van der Waals surface area (Å²) in [6.45, 7) is 1.28. The molecule has 0 amide bonds. The molecular formula is C29H38N4O13. The first-order valence-electron chi connectivity index (χ1n) is 14.2. The van der Waals surface area contributed by atoms with Gasteiger partial charge in [0, 0.05) is 31.3 Å². The van der Waals surface area contributed by atoms with E-state index in [4.69, 9.17) is 34.2 Å². The van der Waals surface area contributed by atoms with Gasteiger partial charge in [0.2, 0.25) is 12.0 Å². The Morgan fingerprint density at radius 1 is 1.13 bits per heavy atom. The number of carboxylic acid groups (broad SMARTS) is 1. The van der Waals surface area contributed by atoms with E-state index < -0.39 is 48.7 Å². The third kappa shape index (κ3) is 6.62. The number of cyclic esters (lactones) is 1. The van der Waals surface area contributed by atoms with Crippen LogP contribution in [-0.4, -0.2) is 115 Å². The maximum absolute atomic E-state index is 13.2.